The van der Waals surface area contributed by atoms with Crippen LogP contribution in [0.1, 0.15) is 6.92 Å². The second kappa shape index (κ2) is 3.49. The van der Waals surface area contributed by atoms with E-state index >= 15 is 0 Å². The first-order valence-electron chi connectivity index (χ1n) is 4.68. The SMILES string of the molecule is CC(=O)OC[C@H]1C=C[C@@H]2C(=O)C(Cl)(Cl)[C@H]12. The Morgan fingerprint density at radius 2 is 2.20 bits per heavy atom. The van der Waals surface area contributed by atoms with Gasteiger partial charge in [0.15, 0.2) is 10.1 Å². The number of allylic oxidation sites excluding steroid dienone is 1. The normalized spacial score (nSPS) is 35.9. The molecule has 3 nitrogen and oxygen atoms in total. The Morgan fingerprint density at radius 3 is 2.80 bits per heavy atom. The molecule has 1 fully saturated rings. The number of ether oxygens (including phenoxy) is 1. The molecule has 0 spiro atoms. The predicted molar refractivity (Wildman–Crippen MR) is 55.7 cm³/mol. The van der Waals surface area contributed by atoms with Gasteiger partial charge < -0.3 is 4.74 Å². The van der Waals surface area contributed by atoms with Crippen LogP contribution >= 0.6 is 23.2 Å². The Kier molecular flexibility index (Phi) is 2.55. The second-order valence-corrected chi connectivity index (χ2v) is 5.28. The molecule has 0 heterocycles. The van der Waals surface area contributed by atoms with Crippen molar-refractivity contribution in [3.05, 3.63) is 12.2 Å². The maximum atomic E-state index is 11.4. The molecule has 82 valence electrons. The maximum absolute atomic E-state index is 11.4. The van der Waals surface area contributed by atoms with Crippen molar-refractivity contribution in [3.8, 4) is 0 Å². The molecule has 0 aromatic rings. The number of rotatable bonds is 2. The zero-order valence-corrected chi connectivity index (χ0v) is 9.59. The zero-order chi connectivity index (χ0) is 11.2. The Labute approximate surface area is 97.4 Å². The van der Waals surface area contributed by atoms with Crippen molar-refractivity contribution in [2.75, 3.05) is 6.61 Å². The van der Waals surface area contributed by atoms with Crippen molar-refractivity contribution in [1.29, 1.82) is 0 Å². The molecule has 0 radical (unpaired) electrons. The van der Waals surface area contributed by atoms with Crippen LogP contribution in [0, 0.1) is 17.8 Å². The molecule has 0 aromatic heterocycles. The average Bonchev–Trinajstić information content (AvgIpc) is 2.55. The first-order valence-corrected chi connectivity index (χ1v) is 5.44. The van der Waals surface area contributed by atoms with Crippen molar-refractivity contribution in [2.45, 2.75) is 11.3 Å². The van der Waals surface area contributed by atoms with Gasteiger partial charge in [0.2, 0.25) is 0 Å². The number of Topliss-reactive ketones (excluding diaryl/α,β-unsaturated/α-hetero) is 1. The van der Waals surface area contributed by atoms with Gasteiger partial charge >= 0.3 is 5.97 Å². The maximum Gasteiger partial charge on any atom is 0.302 e. The number of halogens is 2. The summed E-state index contributed by atoms with van der Waals surface area (Å²) in [6.45, 7) is 1.58. The van der Waals surface area contributed by atoms with Crippen molar-refractivity contribution in [2.24, 2.45) is 17.8 Å². The smallest absolute Gasteiger partial charge is 0.302 e. The van der Waals surface area contributed by atoms with E-state index in [2.05, 4.69) is 0 Å². The second-order valence-electron chi connectivity index (χ2n) is 3.89. The average molecular weight is 249 g/mol. The predicted octanol–water partition coefficient (Wildman–Crippen LogP) is 1.72. The fourth-order valence-corrected chi connectivity index (χ4v) is 3.02. The lowest BCUT2D eigenvalue weighted by molar-refractivity contribution is -0.143. The summed E-state index contributed by atoms with van der Waals surface area (Å²) < 4.78 is 3.58. The highest BCUT2D eigenvalue weighted by Gasteiger charge is 2.63. The van der Waals surface area contributed by atoms with E-state index in [4.69, 9.17) is 27.9 Å². The van der Waals surface area contributed by atoms with E-state index < -0.39 is 4.33 Å². The number of carbonyl (C=O) groups excluding carboxylic acids is 2. The molecule has 0 aromatic carbocycles. The van der Waals surface area contributed by atoms with E-state index in [1.165, 1.54) is 6.92 Å². The van der Waals surface area contributed by atoms with Gasteiger partial charge in [0.25, 0.3) is 0 Å². The summed E-state index contributed by atoms with van der Waals surface area (Å²) in [5, 5.41) is 0. The van der Waals surface area contributed by atoms with Gasteiger partial charge in [0.05, 0.1) is 6.61 Å². The summed E-state index contributed by atoms with van der Waals surface area (Å²) in [4.78, 5) is 22.1. The van der Waals surface area contributed by atoms with Crippen LogP contribution in [0.25, 0.3) is 0 Å². The van der Waals surface area contributed by atoms with Gasteiger partial charge in [-0.3, -0.25) is 9.59 Å². The highest BCUT2D eigenvalue weighted by Crippen LogP contribution is 2.56. The molecule has 5 heteroatoms. The molecule has 0 amide bonds. The standard InChI is InChI=1S/C10H10Cl2O3/c1-5(13)15-4-6-2-3-7-8(6)10(11,12)9(7)14/h2-3,6-8H,4H2,1H3/t6-,7+,8-/m1/s1. The monoisotopic (exact) mass is 248 g/mol. The molecule has 0 N–H and O–H groups in total. The van der Waals surface area contributed by atoms with Gasteiger partial charge in [0.1, 0.15) is 0 Å². The van der Waals surface area contributed by atoms with Crippen LogP contribution < -0.4 is 0 Å². The Bertz CT molecular complexity index is 349. The first kappa shape index (κ1) is 11.0. The minimum atomic E-state index is -1.31. The Hall–Kier alpha value is -0.540. The molecular weight excluding hydrogens is 239 g/mol. The molecule has 2 aliphatic rings. The third-order valence-electron chi connectivity index (χ3n) is 2.94. The molecule has 0 aliphatic heterocycles. The van der Waals surface area contributed by atoms with E-state index in [1.807, 2.05) is 6.08 Å². The summed E-state index contributed by atoms with van der Waals surface area (Å²) in [6.07, 6.45) is 3.65. The lowest BCUT2D eigenvalue weighted by atomic mass is 9.70. The summed E-state index contributed by atoms with van der Waals surface area (Å²) in [5.74, 6) is -0.885. The van der Waals surface area contributed by atoms with Gasteiger partial charge in [-0.1, -0.05) is 35.4 Å². The number of ketones is 1. The quantitative estimate of drug-likeness (QED) is 0.425. The van der Waals surface area contributed by atoms with Gasteiger partial charge in [0, 0.05) is 24.7 Å². The van der Waals surface area contributed by atoms with E-state index in [1.54, 1.807) is 6.08 Å². The van der Waals surface area contributed by atoms with Gasteiger partial charge in [-0.2, -0.15) is 0 Å². The zero-order valence-electron chi connectivity index (χ0n) is 8.07. The third-order valence-corrected chi connectivity index (χ3v) is 3.82. The number of hydrogen-bond donors (Lipinski definition) is 0. The van der Waals surface area contributed by atoms with Crippen molar-refractivity contribution in [3.63, 3.8) is 0 Å². The van der Waals surface area contributed by atoms with Gasteiger partial charge in [-0.05, 0) is 0 Å². The van der Waals surface area contributed by atoms with E-state index in [9.17, 15) is 9.59 Å². The molecule has 0 saturated heterocycles. The molecule has 0 unspecified atom stereocenters. The van der Waals surface area contributed by atoms with Crippen molar-refractivity contribution in [1.82, 2.24) is 0 Å². The van der Waals surface area contributed by atoms with Crippen LogP contribution in [0.5, 0.6) is 0 Å². The lowest BCUT2D eigenvalue weighted by Crippen LogP contribution is -2.56. The first-order chi connectivity index (χ1) is 6.94. The number of fused-ring (bicyclic) bond motifs is 1. The van der Waals surface area contributed by atoms with Crippen molar-refractivity contribution < 1.29 is 14.3 Å². The van der Waals surface area contributed by atoms with Gasteiger partial charge in [-0.25, -0.2) is 0 Å². The molecule has 2 rings (SSSR count). The minimum absolute atomic E-state index is 0.0494. The highest BCUT2D eigenvalue weighted by molar-refractivity contribution is 6.61. The molecule has 1 saturated carbocycles. The lowest BCUT2D eigenvalue weighted by Gasteiger charge is -2.43. The van der Waals surface area contributed by atoms with Crippen LogP contribution in [-0.2, 0) is 14.3 Å². The van der Waals surface area contributed by atoms with Crippen LogP contribution in [0.4, 0.5) is 0 Å². The van der Waals surface area contributed by atoms with E-state index in [0.29, 0.717) is 0 Å². The minimum Gasteiger partial charge on any atom is -0.465 e. The molecule has 0 bridgehead atoms. The third kappa shape index (κ3) is 1.58. The number of hydrogen-bond acceptors (Lipinski definition) is 3. The summed E-state index contributed by atoms with van der Waals surface area (Å²) >= 11 is 11.8. The van der Waals surface area contributed by atoms with Crippen LogP contribution in [0.2, 0.25) is 0 Å². The fraction of sp³-hybridized carbons (Fsp3) is 0.600. The molecular formula is C10H10Cl2O3. The molecule has 2 aliphatic carbocycles. The van der Waals surface area contributed by atoms with Crippen LogP contribution in [0.3, 0.4) is 0 Å². The number of alkyl halides is 2. The summed E-state index contributed by atoms with van der Waals surface area (Å²) in [7, 11) is 0. The van der Waals surface area contributed by atoms with E-state index in [0.717, 1.165) is 0 Å². The highest BCUT2D eigenvalue weighted by atomic mass is 35.5. The van der Waals surface area contributed by atoms with E-state index in [-0.39, 0.29) is 36.1 Å². The number of esters is 1. The summed E-state index contributed by atoms with van der Waals surface area (Å²) in [6, 6.07) is 0. The fourth-order valence-electron chi connectivity index (χ4n) is 2.18. The van der Waals surface area contributed by atoms with Gasteiger partial charge in [-0.15, -0.1) is 0 Å². The Morgan fingerprint density at radius 1 is 1.53 bits per heavy atom. The number of carbonyl (C=O) groups is 2. The van der Waals surface area contributed by atoms with Crippen molar-refractivity contribution >= 4 is 35.0 Å². The largest absolute Gasteiger partial charge is 0.465 e. The summed E-state index contributed by atoms with van der Waals surface area (Å²) in [5.41, 5.74) is 0. The molecule has 3 atom stereocenters. The Balaban J connectivity index is 2.03. The topological polar surface area (TPSA) is 43.4 Å². The molecule has 15 heavy (non-hydrogen) atoms. The van der Waals surface area contributed by atoms with Crippen LogP contribution in [-0.4, -0.2) is 22.7 Å². The van der Waals surface area contributed by atoms with Crippen LogP contribution in [0.15, 0.2) is 12.2 Å².